The standard InChI is InChI=1S/C31H37Cl2N3O5S/c1-7-28(30(38)34-31(3,4)5)35(19-25-26(32)9-8-10-27(25)33)29(37)20-36(22-13-15-23(41-6)16-14-22)42(39,40)24-17-11-21(2)12-18-24/h8-18,28H,7,19-20H2,1-6H3,(H,34,38). The fourth-order valence-corrected chi connectivity index (χ4v) is 6.27. The van der Waals surface area contributed by atoms with Crippen LogP contribution < -0.4 is 14.4 Å². The number of hydrogen-bond acceptors (Lipinski definition) is 5. The van der Waals surface area contributed by atoms with Gasteiger partial charge in [-0.15, -0.1) is 0 Å². The van der Waals surface area contributed by atoms with E-state index in [1.54, 1.807) is 61.5 Å². The van der Waals surface area contributed by atoms with Crippen molar-refractivity contribution in [2.24, 2.45) is 0 Å². The highest BCUT2D eigenvalue weighted by atomic mass is 35.5. The van der Waals surface area contributed by atoms with E-state index in [4.69, 9.17) is 27.9 Å². The normalized spacial score (nSPS) is 12.4. The van der Waals surface area contributed by atoms with Gasteiger partial charge in [0.15, 0.2) is 0 Å². The third-order valence-corrected chi connectivity index (χ3v) is 9.02. The van der Waals surface area contributed by atoms with Crippen molar-refractivity contribution in [3.8, 4) is 5.75 Å². The van der Waals surface area contributed by atoms with Crippen LogP contribution in [-0.2, 0) is 26.2 Å². The Hall–Kier alpha value is -3.27. The van der Waals surface area contributed by atoms with Crippen molar-refractivity contribution in [2.75, 3.05) is 18.0 Å². The van der Waals surface area contributed by atoms with Gasteiger partial charge in [0.25, 0.3) is 10.0 Å². The van der Waals surface area contributed by atoms with Gasteiger partial charge in [0.2, 0.25) is 11.8 Å². The molecule has 0 heterocycles. The molecule has 0 fully saturated rings. The van der Waals surface area contributed by atoms with E-state index in [2.05, 4.69) is 5.32 Å². The van der Waals surface area contributed by atoms with Crippen LogP contribution in [0.3, 0.4) is 0 Å². The van der Waals surface area contributed by atoms with Gasteiger partial charge in [-0.3, -0.25) is 13.9 Å². The van der Waals surface area contributed by atoms with Crippen LogP contribution in [0.4, 0.5) is 5.69 Å². The number of nitrogens with one attached hydrogen (secondary N) is 1. The number of ether oxygens (including phenoxy) is 1. The SMILES string of the molecule is CCC(C(=O)NC(C)(C)C)N(Cc1c(Cl)cccc1Cl)C(=O)CN(c1ccc(OC)cc1)S(=O)(=O)c1ccc(C)cc1. The Bertz CT molecular complexity index is 1480. The summed E-state index contributed by atoms with van der Waals surface area (Å²) in [6.07, 6.45) is 0.267. The summed E-state index contributed by atoms with van der Waals surface area (Å²) in [6.45, 7) is 8.48. The topological polar surface area (TPSA) is 96.0 Å². The second kappa shape index (κ2) is 13.8. The molecular formula is C31H37Cl2N3O5S. The molecule has 0 saturated carbocycles. The van der Waals surface area contributed by atoms with E-state index < -0.39 is 34.1 Å². The van der Waals surface area contributed by atoms with Crippen molar-refractivity contribution < 1.29 is 22.7 Å². The van der Waals surface area contributed by atoms with Crippen LogP contribution in [-0.4, -0.2) is 50.4 Å². The van der Waals surface area contributed by atoms with E-state index in [1.165, 1.54) is 24.1 Å². The number of carbonyl (C=O) groups is 2. The van der Waals surface area contributed by atoms with E-state index in [9.17, 15) is 18.0 Å². The lowest BCUT2D eigenvalue weighted by atomic mass is 10.1. The molecule has 0 radical (unpaired) electrons. The number of hydrogen-bond donors (Lipinski definition) is 1. The second-order valence-corrected chi connectivity index (χ2v) is 13.6. The Morgan fingerprint density at radius 2 is 1.52 bits per heavy atom. The Kier molecular flexibility index (Phi) is 10.9. The number of anilines is 1. The molecule has 0 aliphatic heterocycles. The molecule has 3 aromatic carbocycles. The van der Waals surface area contributed by atoms with Crippen molar-refractivity contribution in [1.29, 1.82) is 0 Å². The van der Waals surface area contributed by atoms with Crippen molar-refractivity contribution in [3.05, 3.63) is 87.9 Å². The number of carbonyl (C=O) groups excluding carboxylic acids is 2. The molecule has 0 aromatic heterocycles. The minimum Gasteiger partial charge on any atom is -0.497 e. The highest BCUT2D eigenvalue weighted by Crippen LogP contribution is 2.29. The van der Waals surface area contributed by atoms with Gasteiger partial charge in [-0.05, 0) is 82.6 Å². The van der Waals surface area contributed by atoms with Gasteiger partial charge in [-0.25, -0.2) is 8.42 Å². The maximum atomic E-state index is 14.2. The molecule has 226 valence electrons. The van der Waals surface area contributed by atoms with Crippen LogP contribution in [0, 0.1) is 6.92 Å². The zero-order valence-corrected chi connectivity index (χ0v) is 27.0. The second-order valence-electron chi connectivity index (χ2n) is 10.9. The van der Waals surface area contributed by atoms with Crippen molar-refractivity contribution in [2.45, 2.75) is 64.1 Å². The molecule has 42 heavy (non-hydrogen) atoms. The zero-order valence-electron chi connectivity index (χ0n) is 24.6. The van der Waals surface area contributed by atoms with E-state index in [1.807, 2.05) is 27.7 Å². The summed E-state index contributed by atoms with van der Waals surface area (Å²) in [5.41, 5.74) is 1.03. The molecule has 0 saturated heterocycles. The van der Waals surface area contributed by atoms with E-state index in [0.717, 1.165) is 9.87 Å². The molecule has 1 atom stereocenters. The Morgan fingerprint density at radius 1 is 0.952 bits per heavy atom. The molecule has 8 nitrogen and oxygen atoms in total. The maximum absolute atomic E-state index is 14.2. The van der Waals surface area contributed by atoms with Crippen LogP contribution in [0.15, 0.2) is 71.6 Å². The van der Waals surface area contributed by atoms with Gasteiger partial charge in [0.1, 0.15) is 18.3 Å². The molecule has 1 unspecified atom stereocenters. The van der Waals surface area contributed by atoms with Crippen LogP contribution in [0.25, 0.3) is 0 Å². The Morgan fingerprint density at radius 3 is 2.02 bits per heavy atom. The van der Waals surface area contributed by atoms with Gasteiger partial charge in [-0.2, -0.15) is 0 Å². The van der Waals surface area contributed by atoms with E-state index in [0.29, 0.717) is 21.4 Å². The third-order valence-electron chi connectivity index (χ3n) is 6.52. The number of amides is 2. The van der Waals surface area contributed by atoms with Gasteiger partial charge < -0.3 is 15.0 Å². The lowest BCUT2D eigenvalue weighted by molar-refractivity contribution is -0.141. The van der Waals surface area contributed by atoms with Crippen molar-refractivity contribution in [3.63, 3.8) is 0 Å². The molecule has 2 amide bonds. The number of aryl methyl sites for hydroxylation is 1. The molecule has 0 aliphatic rings. The maximum Gasteiger partial charge on any atom is 0.264 e. The van der Waals surface area contributed by atoms with E-state index in [-0.39, 0.29) is 29.5 Å². The Labute approximate surface area is 258 Å². The van der Waals surface area contributed by atoms with Crippen molar-refractivity contribution in [1.82, 2.24) is 10.2 Å². The predicted octanol–water partition coefficient (Wildman–Crippen LogP) is 6.23. The molecule has 0 bridgehead atoms. The summed E-state index contributed by atoms with van der Waals surface area (Å²) < 4.78 is 34.2. The molecule has 0 spiro atoms. The number of benzene rings is 3. The average Bonchev–Trinajstić information content (AvgIpc) is 2.92. The lowest BCUT2D eigenvalue weighted by Crippen LogP contribution is -2.55. The first-order valence-electron chi connectivity index (χ1n) is 13.5. The number of nitrogens with zero attached hydrogens (tertiary/aromatic N) is 2. The quantitative estimate of drug-likeness (QED) is 0.270. The predicted molar refractivity (Wildman–Crippen MR) is 168 cm³/mol. The average molecular weight is 635 g/mol. The van der Waals surface area contributed by atoms with Crippen molar-refractivity contribution >= 4 is 50.7 Å². The summed E-state index contributed by atoms with van der Waals surface area (Å²) in [7, 11) is -2.69. The van der Waals surface area contributed by atoms with Gasteiger partial charge in [0, 0.05) is 27.7 Å². The van der Waals surface area contributed by atoms with Crippen LogP contribution >= 0.6 is 23.2 Å². The highest BCUT2D eigenvalue weighted by Gasteiger charge is 2.35. The highest BCUT2D eigenvalue weighted by molar-refractivity contribution is 7.92. The summed E-state index contributed by atoms with van der Waals surface area (Å²) >= 11 is 12.9. The molecule has 11 heteroatoms. The lowest BCUT2D eigenvalue weighted by Gasteiger charge is -2.35. The summed E-state index contributed by atoms with van der Waals surface area (Å²) in [5, 5.41) is 3.58. The molecular weight excluding hydrogens is 597 g/mol. The zero-order chi connectivity index (χ0) is 31.2. The number of rotatable bonds is 11. The van der Waals surface area contributed by atoms with Crippen LogP contribution in [0.2, 0.25) is 10.0 Å². The molecule has 3 aromatic rings. The first-order valence-corrected chi connectivity index (χ1v) is 15.7. The monoisotopic (exact) mass is 633 g/mol. The molecule has 3 rings (SSSR count). The third kappa shape index (κ3) is 8.18. The Balaban J connectivity index is 2.12. The molecule has 0 aliphatic carbocycles. The number of halogens is 2. The van der Waals surface area contributed by atoms with E-state index >= 15 is 0 Å². The van der Waals surface area contributed by atoms with Gasteiger partial charge in [0.05, 0.1) is 17.7 Å². The smallest absolute Gasteiger partial charge is 0.264 e. The summed E-state index contributed by atoms with van der Waals surface area (Å²) in [5.74, 6) is -0.454. The van der Waals surface area contributed by atoms with Crippen LogP contribution in [0.5, 0.6) is 5.75 Å². The summed E-state index contributed by atoms with van der Waals surface area (Å²) in [4.78, 5) is 29.0. The fraction of sp³-hybridized carbons (Fsp3) is 0.355. The minimum absolute atomic E-state index is 0.0231. The number of sulfonamides is 1. The molecule has 1 N–H and O–H groups in total. The fourth-order valence-electron chi connectivity index (χ4n) is 4.34. The number of methoxy groups -OCH3 is 1. The summed E-state index contributed by atoms with van der Waals surface area (Å²) in [6, 6.07) is 16.8. The van der Waals surface area contributed by atoms with Crippen LogP contribution in [0.1, 0.15) is 45.2 Å². The largest absolute Gasteiger partial charge is 0.497 e. The minimum atomic E-state index is -4.20. The van der Waals surface area contributed by atoms with Gasteiger partial charge in [-0.1, -0.05) is 53.9 Å². The first-order chi connectivity index (χ1) is 19.7. The van der Waals surface area contributed by atoms with Gasteiger partial charge >= 0.3 is 0 Å². The first kappa shape index (κ1) is 33.2.